The van der Waals surface area contributed by atoms with Crippen LogP contribution in [0.15, 0.2) is 42.3 Å². The molecule has 1 unspecified atom stereocenters. The van der Waals surface area contributed by atoms with Crippen LogP contribution in [0.4, 0.5) is 0 Å². The minimum absolute atomic E-state index is 0.0137. The van der Waals surface area contributed by atoms with E-state index in [1.807, 2.05) is 59.4 Å². The number of carbonyl (C=O) groups excluding carboxylic acids is 1. The predicted octanol–water partition coefficient (Wildman–Crippen LogP) is 2.10. The maximum Gasteiger partial charge on any atom is 0.234 e. The fourth-order valence-corrected chi connectivity index (χ4v) is 3.13. The van der Waals surface area contributed by atoms with Crippen LogP contribution in [0.2, 0.25) is 0 Å². The molecular formula is C16H19N5OS. The van der Waals surface area contributed by atoms with Crippen molar-refractivity contribution in [2.24, 2.45) is 0 Å². The van der Waals surface area contributed by atoms with Gasteiger partial charge in [0.15, 0.2) is 4.96 Å². The van der Waals surface area contributed by atoms with E-state index in [0.717, 1.165) is 16.2 Å². The molecule has 0 bridgehead atoms. The van der Waals surface area contributed by atoms with Crippen LogP contribution < -0.4 is 5.32 Å². The molecule has 0 saturated carbocycles. The topological polar surface area (TPSA) is 62.5 Å². The zero-order chi connectivity index (χ0) is 16.2. The van der Waals surface area contributed by atoms with Crippen molar-refractivity contribution in [1.82, 2.24) is 24.6 Å². The van der Waals surface area contributed by atoms with Crippen molar-refractivity contribution in [2.75, 3.05) is 13.6 Å². The predicted molar refractivity (Wildman–Crippen MR) is 90.2 cm³/mol. The van der Waals surface area contributed by atoms with E-state index in [1.54, 1.807) is 17.5 Å². The van der Waals surface area contributed by atoms with Gasteiger partial charge in [-0.3, -0.25) is 19.1 Å². The summed E-state index contributed by atoms with van der Waals surface area (Å²) in [6.45, 7) is 2.97. The Bertz CT molecular complexity index is 753. The molecule has 120 valence electrons. The number of likely N-dealkylation sites (N-methyl/N-ethyl adjacent to an activating group) is 1. The van der Waals surface area contributed by atoms with Crippen molar-refractivity contribution in [3.05, 3.63) is 53.6 Å². The van der Waals surface area contributed by atoms with Crippen LogP contribution in [-0.2, 0) is 11.3 Å². The number of hydrogen-bond acceptors (Lipinski definition) is 5. The molecule has 1 amide bonds. The molecule has 0 saturated heterocycles. The van der Waals surface area contributed by atoms with Crippen molar-refractivity contribution in [2.45, 2.75) is 19.5 Å². The van der Waals surface area contributed by atoms with Gasteiger partial charge in [-0.1, -0.05) is 6.07 Å². The highest BCUT2D eigenvalue weighted by molar-refractivity contribution is 7.15. The highest BCUT2D eigenvalue weighted by Gasteiger charge is 2.15. The maximum absolute atomic E-state index is 12.2. The molecule has 0 aliphatic heterocycles. The van der Waals surface area contributed by atoms with E-state index in [0.29, 0.717) is 13.1 Å². The van der Waals surface area contributed by atoms with E-state index in [-0.39, 0.29) is 11.9 Å². The third-order valence-electron chi connectivity index (χ3n) is 3.52. The van der Waals surface area contributed by atoms with Crippen LogP contribution in [0.5, 0.6) is 0 Å². The monoisotopic (exact) mass is 329 g/mol. The molecule has 7 heteroatoms. The minimum Gasteiger partial charge on any atom is -0.347 e. The summed E-state index contributed by atoms with van der Waals surface area (Å²) < 4.78 is 1.97. The lowest BCUT2D eigenvalue weighted by Crippen LogP contribution is -2.36. The van der Waals surface area contributed by atoms with Gasteiger partial charge in [0, 0.05) is 36.7 Å². The van der Waals surface area contributed by atoms with Gasteiger partial charge < -0.3 is 5.32 Å². The minimum atomic E-state index is -0.110. The van der Waals surface area contributed by atoms with Gasteiger partial charge in [0.05, 0.1) is 18.3 Å². The summed E-state index contributed by atoms with van der Waals surface area (Å²) in [6.07, 6.45) is 7.48. The smallest absolute Gasteiger partial charge is 0.234 e. The summed E-state index contributed by atoms with van der Waals surface area (Å²) in [4.78, 5) is 23.7. The Morgan fingerprint density at radius 3 is 3.13 bits per heavy atom. The SMILES string of the molecule is CC(NC(=O)CN(C)Cc1cccnc1)c1cn2ccsc2n1. The Morgan fingerprint density at radius 2 is 2.39 bits per heavy atom. The van der Waals surface area contributed by atoms with Gasteiger partial charge in [0.1, 0.15) is 0 Å². The van der Waals surface area contributed by atoms with E-state index in [4.69, 9.17) is 0 Å². The van der Waals surface area contributed by atoms with E-state index >= 15 is 0 Å². The second-order valence-electron chi connectivity index (χ2n) is 5.58. The maximum atomic E-state index is 12.2. The number of nitrogens with zero attached hydrogens (tertiary/aromatic N) is 4. The Labute approximate surface area is 138 Å². The van der Waals surface area contributed by atoms with Crippen LogP contribution in [0.25, 0.3) is 4.96 Å². The van der Waals surface area contributed by atoms with E-state index in [1.165, 1.54) is 0 Å². The average molecular weight is 329 g/mol. The fraction of sp³-hybridized carbons (Fsp3) is 0.312. The first-order valence-corrected chi connectivity index (χ1v) is 8.28. The molecule has 23 heavy (non-hydrogen) atoms. The number of fused-ring (bicyclic) bond motifs is 1. The molecule has 1 atom stereocenters. The number of nitrogens with one attached hydrogen (secondary N) is 1. The van der Waals surface area contributed by atoms with Gasteiger partial charge >= 0.3 is 0 Å². The molecule has 3 aromatic rings. The van der Waals surface area contributed by atoms with Crippen LogP contribution in [0.3, 0.4) is 0 Å². The summed E-state index contributed by atoms with van der Waals surface area (Å²) in [5.74, 6) is -0.0137. The van der Waals surface area contributed by atoms with E-state index < -0.39 is 0 Å². The summed E-state index contributed by atoms with van der Waals surface area (Å²) in [6, 6.07) is 3.79. The van der Waals surface area contributed by atoms with Crippen LogP contribution in [0, 0.1) is 0 Å². The van der Waals surface area contributed by atoms with Crippen molar-refractivity contribution in [1.29, 1.82) is 0 Å². The Balaban J connectivity index is 1.53. The zero-order valence-electron chi connectivity index (χ0n) is 13.1. The lowest BCUT2D eigenvalue weighted by molar-refractivity contribution is -0.122. The van der Waals surface area contributed by atoms with Gasteiger partial charge in [0.25, 0.3) is 0 Å². The van der Waals surface area contributed by atoms with Crippen molar-refractivity contribution in [3.8, 4) is 0 Å². The number of pyridine rings is 1. The molecule has 0 aliphatic carbocycles. The molecule has 3 aromatic heterocycles. The quantitative estimate of drug-likeness (QED) is 0.752. The van der Waals surface area contributed by atoms with Crippen molar-refractivity contribution >= 4 is 22.2 Å². The fourth-order valence-electron chi connectivity index (χ4n) is 2.42. The number of amides is 1. The number of hydrogen-bond donors (Lipinski definition) is 1. The lowest BCUT2D eigenvalue weighted by Gasteiger charge is -2.18. The van der Waals surface area contributed by atoms with Crippen LogP contribution in [0.1, 0.15) is 24.2 Å². The molecule has 0 spiro atoms. The molecule has 0 fully saturated rings. The van der Waals surface area contributed by atoms with Crippen LogP contribution in [-0.4, -0.2) is 38.8 Å². The standard InChI is InChI=1S/C16H19N5OS/c1-12(14-10-21-6-7-23-16(21)19-14)18-15(22)11-20(2)9-13-4-3-5-17-8-13/h3-8,10,12H,9,11H2,1-2H3,(H,18,22). The zero-order valence-corrected chi connectivity index (χ0v) is 14.0. The van der Waals surface area contributed by atoms with Crippen LogP contribution >= 0.6 is 11.3 Å². The van der Waals surface area contributed by atoms with Gasteiger partial charge in [0.2, 0.25) is 5.91 Å². The summed E-state index contributed by atoms with van der Waals surface area (Å²) in [5.41, 5.74) is 1.96. The summed E-state index contributed by atoms with van der Waals surface area (Å²) >= 11 is 1.58. The van der Waals surface area contributed by atoms with Gasteiger partial charge in [-0.2, -0.15) is 0 Å². The van der Waals surface area contributed by atoms with Gasteiger partial charge in [-0.25, -0.2) is 4.98 Å². The molecule has 0 radical (unpaired) electrons. The average Bonchev–Trinajstić information content (AvgIpc) is 3.09. The number of thiazole rings is 1. The number of aromatic nitrogens is 3. The number of carbonyl (C=O) groups is 1. The Morgan fingerprint density at radius 1 is 1.52 bits per heavy atom. The van der Waals surface area contributed by atoms with E-state index in [2.05, 4.69) is 15.3 Å². The first kappa shape index (κ1) is 15.6. The van der Waals surface area contributed by atoms with E-state index in [9.17, 15) is 4.79 Å². The first-order chi connectivity index (χ1) is 11.1. The normalized spacial score (nSPS) is 12.7. The third-order valence-corrected chi connectivity index (χ3v) is 4.29. The van der Waals surface area contributed by atoms with Crippen molar-refractivity contribution < 1.29 is 4.79 Å². The Kier molecular flexibility index (Phi) is 4.68. The number of imidazole rings is 1. The second-order valence-corrected chi connectivity index (χ2v) is 6.45. The molecule has 6 nitrogen and oxygen atoms in total. The molecular weight excluding hydrogens is 310 g/mol. The molecule has 3 rings (SSSR count). The molecule has 0 aromatic carbocycles. The second kappa shape index (κ2) is 6.89. The largest absolute Gasteiger partial charge is 0.347 e. The van der Waals surface area contributed by atoms with Gasteiger partial charge in [-0.05, 0) is 25.6 Å². The molecule has 0 aliphatic rings. The highest BCUT2D eigenvalue weighted by atomic mass is 32.1. The lowest BCUT2D eigenvalue weighted by atomic mass is 10.2. The van der Waals surface area contributed by atoms with Gasteiger partial charge in [-0.15, -0.1) is 11.3 Å². The molecule has 1 N–H and O–H groups in total. The first-order valence-electron chi connectivity index (χ1n) is 7.41. The van der Waals surface area contributed by atoms with Crippen molar-refractivity contribution in [3.63, 3.8) is 0 Å². The highest BCUT2D eigenvalue weighted by Crippen LogP contribution is 2.16. The Hall–Kier alpha value is -2.25. The third kappa shape index (κ3) is 3.94. The summed E-state index contributed by atoms with van der Waals surface area (Å²) in [7, 11) is 1.92. The molecule has 3 heterocycles. The summed E-state index contributed by atoms with van der Waals surface area (Å²) in [5, 5.41) is 4.99. The number of rotatable bonds is 6.